The molecule has 0 radical (unpaired) electrons. The van der Waals surface area contributed by atoms with E-state index in [2.05, 4.69) is 25.8 Å². The molecule has 1 aliphatic carbocycles. The number of hydrogen-bond donors (Lipinski definition) is 1. The third-order valence-corrected chi connectivity index (χ3v) is 4.40. The second-order valence-electron chi connectivity index (χ2n) is 6.25. The highest BCUT2D eigenvalue weighted by atomic mass is 15.0. The van der Waals surface area contributed by atoms with Crippen molar-refractivity contribution in [2.24, 2.45) is 11.8 Å². The summed E-state index contributed by atoms with van der Waals surface area (Å²) in [6, 6.07) is 1.92. The number of hydrogen-bond acceptors (Lipinski definition) is 3. The van der Waals surface area contributed by atoms with Crippen LogP contribution in [-0.2, 0) is 6.42 Å². The fraction of sp³-hybridized carbons (Fsp3) is 0.750. The van der Waals surface area contributed by atoms with Gasteiger partial charge in [-0.2, -0.15) is 0 Å². The van der Waals surface area contributed by atoms with Crippen molar-refractivity contribution in [3.05, 3.63) is 17.6 Å². The van der Waals surface area contributed by atoms with Gasteiger partial charge >= 0.3 is 0 Å². The minimum absolute atomic E-state index is 0.522. The standard InChI is InChI=1S/C16H27N3/c1-4-5-14-10-15(17)19-16(18-14)13-8-6-12(7-9-13)11(2)3/h10-13H,4-9H2,1-3H3,(H2,17,18,19). The topological polar surface area (TPSA) is 51.8 Å². The maximum absolute atomic E-state index is 5.92. The number of rotatable bonds is 4. The molecule has 1 aromatic heterocycles. The van der Waals surface area contributed by atoms with Crippen molar-refractivity contribution in [2.75, 3.05) is 5.73 Å². The van der Waals surface area contributed by atoms with Crippen LogP contribution in [-0.4, -0.2) is 9.97 Å². The van der Waals surface area contributed by atoms with Crippen LogP contribution in [0.2, 0.25) is 0 Å². The summed E-state index contributed by atoms with van der Waals surface area (Å²) in [6.07, 6.45) is 7.17. The fourth-order valence-corrected chi connectivity index (χ4v) is 3.15. The molecule has 0 unspecified atom stereocenters. The number of nitrogens with two attached hydrogens (primary N) is 1. The molecular formula is C16H27N3. The highest BCUT2D eigenvalue weighted by Crippen LogP contribution is 2.37. The lowest BCUT2D eigenvalue weighted by Gasteiger charge is -2.30. The number of aryl methyl sites for hydroxylation is 1. The van der Waals surface area contributed by atoms with Crippen molar-refractivity contribution in [3.63, 3.8) is 0 Å². The molecule has 1 saturated carbocycles. The van der Waals surface area contributed by atoms with Crippen molar-refractivity contribution in [1.29, 1.82) is 0 Å². The quantitative estimate of drug-likeness (QED) is 0.893. The summed E-state index contributed by atoms with van der Waals surface area (Å²) in [6.45, 7) is 6.84. The third kappa shape index (κ3) is 3.68. The molecule has 1 aromatic rings. The second kappa shape index (κ2) is 6.36. The van der Waals surface area contributed by atoms with E-state index in [1.165, 1.54) is 25.7 Å². The molecule has 106 valence electrons. The summed E-state index contributed by atoms with van der Waals surface area (Å²) < 4.78 is 0. The lowest BCUT2D eigenvalue weighted by Crippen LogP contribution is -2.19. The first-order chi connectivity index (χ1) is 9.10. The van der Waals surface area contributed by atoms with Crippen LogP contribution in [0.1, 0.15) is 70.3 Å². The van der Waals surface area contributed by atoms with E-state index in [4.69, 9.17) is 10.7 Å². The Bertz CT molecular complexity index is 406. The van der Waals surface area contributed by atoms with Crippen LogP contribution in [0.15, 0.2) is 6.07 Å². The van der Waals surface area contributed by atoms with Crippen LogP contribution in [0, 0.1) is 11.8 Å². The van der Waals surface area contributed by atoms with E-state index in [1.807, 2.05) is 6.07 Å². The molecule has 1 aliphatic rings. The highest BCUT2D eigenvalue weighted by molar-refractivity contribution is 5.30. The smallest absolute Gasteiger partial charge is 0.134 e. The number of anilines is 1. The Morgan fingerprint density at radius 2 is 1.89 bits per heavy atom. The zero-order valence-electron chi connectivity index (χ0n) is 12.5. The van der Waals surface area contributed by atoms with Gasteiger partial charge in [0.2, 0.25) is 0 Å². The predicted octanol–water partition coefficient (Wildman–Crippen LogP) is 3.94. The normalized spacial score (nSPS) is 23.8. The highest BCUT2D eigenvalue weighted by Gasteiger charge is 2.26. The van der Waals surface area contributed by atoms with Gasteiger partial charge in [0.05, 0.1) is 0 Å². The fourth-order valence-electron chi connectivity index (χ4n) is 3.15. The molecule has 0 atom stereocenters. The first-order valence-corrected chi connectivity index (χ1v) is 7.73. The summed E-state index contributed by atoms with van der Waals surface area (Å²) in [5.41, 5.74) is 7.03. The van der Waals surface area contributed by atoms with Crippen molar-refractivity contribution in [3.8, 4) is 0 Å². The molecule has 19 heavy (non-hydrogen) atoms. The molecule has 2 rings (SSSR count). The van der Waals surface area contributed by atoms with Crippen molar-refractivity contribution in [2.45, 2.75) is 65.2 Å². The van der Waals surface area contributed by atoms with E-state index in [0.717, 1.165) is 36.2 Å². The molecule has 0 bridgehead atoms. The molecule has 3 heteroatoms. The van der Waals surface area contributed by atoms with Gasteiger partial charge in [-0.1, -0.05) is 27.2 Å². The van der Waals surface area contributed by atoms with Crippen molar-refractivity contribution >= 4 is 5.82 Å². The first-order valence-electron chi connectivity index (χ1n) is 7.73. The minimum atomic E-state index is 0.522. The zero-order chi connectivity index (χ0) is 13.8. The van der Waals surface area contributed by atoms with E-state index in [0.29, 0.717) is 11.7 Å². The monoisotopic (exact) mass is 261 g/mol. The number of nitrogens with zero attached hydrogens (tertiary/aromatic N) is 2. The van der Waals surface area contributed by atoms with E-state index in [-0.39, 0.29) is 0 Å². The molecule has 0 saturated heterocycles. The van der Waals surface area contributed by atoms with E-state index < -0.39 is 0 Å². The van der Waals surface area contributed by atoms with Crippen LogP contribution in [0.5, 0.6) is 0 Å². The van der Waals surface area contributed by atoms with Crippen LogP contribution >= 0.6 is 0 Å². The van der Waals surface area contributed by atoms with Gasteiger partial charge in [-0.25, -0.2) is 9.97 Å². The molecule has 1 heterocycles. The van der Waals surface area contributed by atoms with Gasteiger partial charge < -0.3 is 5.73 Å². The minimum Gasteiger partial charge on any atom is -0.384 e. The van der Waals surface area contributed by atoms with Gasteiger partial charge in [-0.05, 0) is 43.9 Å². The lowest BCUT2D eigenvalue weighted by atomic mass is 9.76. The first kappa shape index (κ1) is 14.3. The predicted molar refractivity (Wildman–Crippen MR) is 80.0 cm³/mol. The Hall–Kier alpha value is -1.12. The SMILES string of the molecule is CCCc1cc(N)nc(C2CCC(C(C)C)CC2)n1. The van der Waals surface area contributed by atoms with Crippen molar-refractivity contribution < 1.29 is 0 Å². The number of nitrogen functional groups attached to an aromatic ring is 1. The Morgan fingerprint density at radius 1 is 1.21 bits per heavy atom. The molecular weight excluding hydrogens is 234 g/mol. The van der Waals surface area contributed by atoms with Crippen LogP contribution in [0.25, 0.3) is 0 Å². The van der Waals surface area contributed by atoms with Crippen LogP contribution < -0.4 is 5.73 Å². The molecule has 0 spiro atoms. The van der Waals surface area contributed by atoms with Gasteiger partial charge in [0, 0.05) is 17.7 Å². The Morgan fingerprint density at radius 3 is 2.47 bits per heavy atom. The molecule has 1 fully saturated rings. The maximum Gasteiger partial charge on any atom is 0.134 e. The Kier molecular flexibility index (Phi) is 4.78. The van der Waals surface area contributed by atoms with E-state index >= 15 is 0 Å². The van der Waals surface area contributed by atoms with Crippen LogP contribution in [0.4, 0.5) is 5.82 Å². The second-order valence-corrected chi connectivity index (χ2v) is 6.25. The third-order valence-electron chi connectivity index (χ3n) is 4.40. The summed E-state index contributed by atoms with van der Waals surface area (Å²) in [7, 11) is 0. The molecule has 2 N–H and O–H groups in total. The van der Waals surface area contributed by atoms with Gasteiger partial charge in [0.15, 0.2) is 0 Å². The average Bonchev–Trinajstić information content (AvgIpc) is 2.38. The molecule has 3 nitrogen and oxygen atoms in total. The van der Waals surface area contributed by atoms with E-state index in [1.54, 1.807) is 0 Å². The molecule has 0 aromatic carbocycles. The summed E-state index contributed by atoms with van der Waals surface area (Å²) in [4.78, 5) is 9.20. The van der Waals surface area contributed by atoms with Gasteiger partial charge in [-0.3, -0.25) is 0 Å². The zero-order valence-corrected chi connectivity index (χ0v) is 12.5. The largest absolute Gasteiger partial charge is 0.384 e. The summed E-state index contributed by atoms with van der Waals surface area (Å²) in [5.74, 6) is 3.84. The van der Waals surface area contributed by atoms with Gasteiger partial charge in [0.25, 0.3) is 0 Å². The molecule has 0 aliphatic heterocycles. The molecule has 0 amide bonds. The average molecular weight is 261 g/mol. The number of aromatic nitrogens is 2. The van der Waals surface area contributed by atoms with E-state index in [9.17, 15) is 0 Å². The van der Waals surface area contributed by atoms with Crippen LogP contribution in [0.3, 0.4) is 0 Å². The van der Waals surface area contributed by atoms with Gasteiger partial charge in [-0.15, -0.1) is 0 Å². The Balaban J connectivity index is 2.06. The summed E-state index contributed by atoms with van der Waals surface area (Å²) >= 11 is 0. The van der Waals surface area contributed by atoms with Crippen molar-refractivity contribution in [1.82, 2.24) is 9.97 Å². The summed E-state index contributed by atoms with van der Waals surface area (Å²) in [5, 5.41) is 0. The van der Waals surface area contributed by atoms with Gasteiger partial charge in [0.1, 0.15) is 11.6 Å². The maximum atomic E-state index is 5.92. The Labute approximate surface area is 117 Å². The lowest BCUT2D eigenvalue weighted by molar-refractivity contribution is 0.254.